The number of benzene rings is 6. The van der Waals surface area contributed by atoms with Gasteiger partial charge in [0.2, 0.25) is 53.4 Å². The lowest BCUT2D eigenvalue weighted by Gasteiger charge is -2.44. The number of carboxylic acids is 1. The van der Waals surface area contributed by atoms with E-state index in [-0.39, 0.29) is 64.0 Å². The Morgan fingerprint density at radius 1 is 0.741 bits per heavy atom. The summed E-state index contributed by atoms with van der Waals surface area (Å²) in [6, 6.07) is 8.62. The number of hydrogen-bond donors (Lipinski definition) is 19. The van der Waals surface area contributed by atoms with Gasteiger partial charge in [-0.05, 0) is 121 Å². The molecule has 6 aromatic rings. The van der Waals surface area contributed by atoms with Crippen LogP contribution in [-0.4, -0.2) is 192 Å². The second-order valence-corrected chi connectivity index (χ2v) is 27.9. The highest BCUT2D eigenvalue weighted by Gasteiger charge is 2.71. The smallest absolute Gasteiger partial charge is 0.330 e. The molecular formula is C73H82ClN9O25. The minimum atomic E-state index is -2.34. The third kappa shape index (κ3) is 16.3. The van der Waals surface area contributed by atoms with Gasteiger partial charge < -0.3 is 133 Å². The van der Waals surface area contributed by atoms with Crippen LogP contribution in [0.4, 0.5) is 0 Å². The van der Waals surface area contributed by atoms with Gasteiger partial charge >= 0.3 is 5.97 Å². The van der Waals surface area contributed by atoms with Crippen molar-refractivity contribution in [3.63, 3.8) is 0 Å². The van der Waals surface area contributed by atoms with Crippen molar-refractivity contribution < 1.29 is 123 Å². The van der Waals surface area contributed by atoms with Crippen molar-refractivity contribution in [2.24, 2.45) is 23.1 Å². The molecule has 3 fully saturated rings. The number of phenols is 3. The lowest BCUT2D eigenvalue weighted by molar-refractivity contribution is -0.330. The maximum Gasteiger partial charge on any atom is 0.330 e. The first-order chi connectivity index (χ1) is 51.1. The number of aliphatic hydroxyl groups is 6. The van der Waals surface area contributed by atoms with Gasteiger partial charge in [0.1, 0.15) is 88.7 Å². The van der Waals surface area contributed by atoms with Gasteiger partial charge in [-0.25, -0.2) is 4.79 Å². The molecule has 1 saturated carbocycles. The van der Waals surface area contributed by atoms with Crippen molar-refractivity contribution in [3.8, 4) is 74.0 Å². The summed E-state index contributed by atoms with van der Waals surface area (Å²) >= 11 is 7.07. The van der Waals surface area contributed by atoms with E-state index in [9.17, 15) is 75.0 Å². The number of hydrogen-bond acceptors (Lipinski definition) is 26. The number of aliphatic hydroxyl groups excluding tert-OH is 5. The summed E-state index contributed by atoms with van der Waals surface area (Å²) in [5.41, 5.74) is 13.5. The van der Waals surface area contributed by atoms with Crippen LogP contribution in [0.3, 0.4) is 0 Å². The van der Waals surface area contributed by atoms with E-state index in [0.29, 0.717) is 11.3 Å². The molecule has 7 aliphatic rings. The minimum Gasteiger partial charge on any atom is -0.508 e. The Morgan fingerprint density at radius 2 is 1.41 bits per heavy atom. The van der Waals surface area contributed by atoms with Gasteiger partial charge in [-0.15, -0.1) is 0 Å². The van der Waals surface area contributed by atoms with Crippen LogP contribution in [-0.2, 0) is 52.6 Å². The summed E-state index contributed by atoms with van der Waals surface area (Å²) in [7, 11) is 2.90. The molecule has 7 amide bonds. The highest BCUT2D eigenvalue weighted by Crippen LogP contribution is 2.56. The van der Waals surface area contributed by atoms with Gasteiger partial charge in [0.15, 0.2) is 29.9 Å². The molecule has 35 heteroatoms. The molecule has 1 aliphatic carbocycles. The third-order valence-electron chi connectivity index (χ3n) is 19.6. The number of carboxylic acid groups (broad SMARTS) is 1. The van der Waals surface area contributed by atoms with Crippen molar-refractivity contribution in [2.75, 3.05) is 20.8 Å². The van der Waals surface area contributed by atoms with Gasteiger partial charge in [-0.2, -0.15) is 0 Å². The van der Waals surface area contributed by atoms with E-state index in [2.05, 4.69) is 31.9 Å². The Balaban J connectivity index is 1.19. The van der Waals surface area contributed by atoms with E-state index in [4.69, 9.17) is 62.0 Å². The number of aliphatic carboxylic acids is 1. The normalized spacial score (nSPS) is 28.1. The average molecular weight is 1520 g/mol. The zero-order valence-corrected chi connectivity index (χ0v) is 59.3. The van der Waals surface area contributed by atoms with Crippen LogP contribution in [0.2, 0.25) is 5.02 Å². The number of phenolic OH excluding ortho intramolecular Hbond substituents is 3. The molecule has 34 nitrogen and oxygen atoms in total. The molecule has 0 spiro atoms. The molecule has 0 radical (unpaired) electrons. The number of carbonyl (C=O) groups is 8. The summed E-state index contributed by atoms with van der Waals surface area (Å²) in [6.07, 6.45) is -17.7. The van der Waals surface area contributed by atoms with Gasteiger partial charge in [0.25, 0.3) is 0 Å². The predicted octanol–water partition coefficient (Wildman–Crippen LogP) is 1.26. The fraction of sp³-hybridized carbons (Fsp3) is 0.397. The maximum absolute atomic E-state index is 16.0. The fourth-order valence-electron chi connectivity index (χ4n) is 13.7. The number of carbonyl (C=O) groups excluding carboxylic acids is 7. The van der Waals surface area contributed by atoms with Gasteiger partial charge in [0, 0.05) is 41.2 Å². The fourth-order valence-corrected chi connectivity index (χ4v) is 13.9. The first-order valence-corrected chi connectivity index (χ1v) is 34.5. The first kappa shape index (κ1) is 78.6. The number of methoxy groups -OCH3 is 1. The van der Waals surface area contributed by atoms with E-state index in [0.717, 1.165) is 48.5 Å². The molecule has 108 heavy (non-hydrogen) atoms. The van der Waals surface area contributed by atoms with Gasteiger partial charge in [-0.3, -0.25) is 33.6 Å². The highest BCUT2D eigenvalue weighted by atomic mass is 35.5. The zero-order valence-electron chi connectivity index (χ0n) is 58.5. The molecular weight excluding hydrogens is 1440 g/mol. The minimum absolute atomic E-state index is 0.0652. The Bertz CT molecular complexity index is 4500. The number of rotatable bonds is 16. The SMILES string of the molecule is CN[C@H](CC(C)C)C(=O)NC1C(=O)NC(CC(N)=O)C(=O)NC2C(=O)NC(C(N)=O)c3ccc(O)c(c3)-c3c(O)cc(O)cc3C(C(=O)O)NC(=O)C[C@H](O)c3ccc(c(Cl)c3)Oc3cc2cc(c3O[C@@H]2OC(CO)C(O)[C@H](O)C2OC2C[C@@]3(N)C[C@@]3(O)[C@H](C)O2)Oc2ccc(cc2-c2ccc(OC)cc2)C1O. The first-order valence-electron chi connectivity index (χ1n) is 34.1. The Labute approximate surface area is 620 Å². The average Bonchev–Trinajstić information content (AvgIpc) is 1.53. The van der Waals surface area contributed by atoms with Crippen LogP contribution in [0.25, 0.3) is 22.3 Å². The van der Waals surface area contributed by atoms with Gasteiger partial charge in [0.05, 0.1) is 55.4 Å². The quantitative estimate of drug-likeness (QED) is 0.0648. The predicted molar refractivity (Wildman–Crippen MR) is 376 cm³/mol. The number of aromatic hydroxyl groups is 3. The van der Waals surface area contributed by atoms with Crippen molar-refractivity contribution in [1.82, 2.24) is 31.9 Å². The molecule has 6 aliphatic heterocycles. The van der Waals surface area contributed by atoms with Crippen molar-refractivity contribution >= 4 is 58.9 Å². The Morgan fingerprint density at radius 3 is 2.04 bits per heavy atom. The molecule has 6 heterocycles. The van der Waals surface area contributed by atoms with Crippen LogP contribution in [0.1, 0.15) is 111 Å². The number of primary amides is 2. The number of amides is 7. The van der Waals surface area contributed by atoms with Crippen molar-refractivity contribution in [2.45, 2.75) is 156 Å². The number of halogens is 1. The Kier molecular flexibility index (Phi) is 23.1. The number of fused-ring (bicyclic) bond motifs is 17. The summed E-state index contributed by atoms with van der Waals surface area (Å²) in [6.45, 7) is 4.22. The van der Waals surface area contributed by atoms with Crippen molar-refractivity contribution in [3.05, 3.63) is 136 Å². The van der Waals surface area contributed by atoms with Crippen LogP contribution >= 0.6 is 11.6 Å². The topological polar surface area (TPSA) is 554 Å². The van der Waals surface area contributed by atoms with Crippen molar-refractivity contribution in [1.29, 1.82) is 0 Å². The second kappa shape index (κ2) is 31.8. The molecule has 9 bridgehead atoms. The molecule has 2 saturated heterocycles. The standard InChI is InChI=1S/C73H82ClN9O25/c1-29(2)16-42(78-4)66(95)83-59-60(91)34-10-14-47(38(18-34)31-6-11-37(102-5)12-7-31)104-49-20-35-21-50(63(49)108-71-64(62(93)61(92)51(27-84)106-71)107-54-26-72(77)28-73(72,101)30(3)103-54)105-48-15-9-32(19-41(48)74)45(87)25-53(90)80-58(70(99)100)40-22-36(85)23-46(88)55(40)39-17-33(8-13-44(39)86)56(65(76)94)81-68(97)57(35)82-67(96)43(24-52(75)89)79-69(59)98/h6-15,17-23,29-30,42-43,45,51,54,56-62,64,71,78,84-88,91-93,101H,16,24-28,77H2,1-5H3,(H2,75,89)(H2,76,94)(H,79,98)(H,80,90)(H,81,97)(H,82,96)(H,83,95)(H,99,100)/t30-,42+,43?,45-,51?,54?,56?,57?,58?,59?,60?,61?,62-,64?,71-,72+,73+/m0/s1. The van der Waals surface area contributed by atoms with Crippen LogP contribution in [0.5, 0.6) is 51.7 Å². The van der Waals surface area contributed by atoms with Crippen LogP contribution < -0.4 is 68.0 Å². The molecule has 13 rings (SSSR count). The highest BCUT2D eigenvalue weighted by molar-refractivity contribution is 6.32. The van der Waals surface area contributed by atoms with Crippen LogP contribution in [0, 0.1) is 5.92 Å². The maximum atomic E-state index is 16.0. The second-order valence-electron chi connectivity index (χ2n) is 27.5. The lowest BCUT2D eigenvalue weighted by atomic mass is 9.90. The van der Waals surface area contributed by atoms with E-state index >= 15 is 14.4 Å². The Hall–Kier alpha value is -10.5. The summed E-state index contributed by atoms with van der Waals surface area (Å²) < 4.78 is 44.8. The molecule has 576 valence electrons. The lowest BCUT2D eigenvalue weighted by Crippen LogP contribution is -2.62. The molecule has 10 unspecified atom stereocenters. The number of nitrogens with two attached hydrogens (primary N) is 3. The summed E-state index contributed by atoms with van der Waals surface area (Å²) in [4.78, 5) is 116. The molecule has 6 aromatic carbocycles. The summed E-state index contributed by atoms with van der Waals surface area (Å²) in [5, 5.41) is 130. The monoisotopic (exact) mass is 1520 g/mol. The number of nitrogens with one attached hydrogen (secondary N) is 6. The third-order valence-corrected chi connectivity index (χ3v) is 19.9. The number of likely N-dealkylation sites (N-methyl/N-ethyl adjacent to an activating group) is 1. The molecule has 17 atom stereocenters. The van der Waals surface area contributed by atoms with Gasteiger partial charge in [-0.1, -0.05) is 55.8 Å². The molecule has 22 N–H and O–H groups in total. The van der Waals surface area contributed by atoms with E-state index in [1.165, 1.54) is 51.4 Å². The van der Waals surface area contributed by atoms with E-state index < -0.39 is 226 Å². The largest absolute Gasteiger partial charge is 0.508 e. The van der Waals surface area contributed by atoms with E-state index in [1.54, 1.807) is 24.3 Å². The number of ether oxygens (including phenoxy) is 7. The molecule has 0 aromatic heterocycles. The summed E-state index contributed by atoms with van der Waals surface area (Å²) in [5.74, 6) is -15.1. The van der Waals surface area contributed by atoms with E-state index in [1.807, 2.05) is 13.8 Å². The van der Waals surface area contributed by atoms with Crippen LogP contribution in [0.15, 0.2) is 103 Å². The zero-order chi connectivity index (χ0) is 78.3.